The highest BCUT2D eigenvalue weighted by molar-refractivity contribution is 6.00. The molecule has 12 nitrogen and oxygen atoms in total. The standard InChI is InChI=1S/C16H14N2O4.C14H10N2O4.2C10H20.2C9H18.2C6H14/c1-3-21-16(20)11-7-10-13(19)9-5-4-8(2)6-12(9)22-15(10)18-14(11)17;1-6-2-3-7-10(4-6)20-13-8(11(7)17)5-9(14(18)19)12(15)16-13;2*1-9(2)7-8-10-5-3-4-6-10;2*1-8(2)9-6-4-3-5-7-9;2*1-5(2)6(3)4/h4-7H,3H2,1-2H3,(H2,17,18);2-5H,1H3,(H2,15,16)(H,18,19);2*9-10H,3-8H2,1-2H3;2*8-9H,3-7H2,1-2H3;2*5-6H,1-4H3. The Bertz CT molecular complexity index is 3150. The first kappa shape index (κ1) is 80.5. The number of hydrogen-bond donors (Lipinski definition) is 3. The number of aryl methyl sites for hydroxylation is 2. The fourth-order valence-electron chi connectivity index (χ4n) is 11.7. The van der Waals surface area contributed by atoms with Crippen molar-refractivity contribution in [2.75, 3.05) is 18.1 Å². The Morgan fingerprint density at radius 3 is 1.11 bits per heavy atom. The smallest absolute Gasteiger partial charge is 0.341 e. The molecule has 4 aliphatic rings. The van der Waals surface area contributed by atoms with E-state index in [0.29, 0.717) is 21.9 Å². The van der Waals surface area contributed by atoms with Gasteiger partial charge < -0.3 is 30.1 Å². The first-order valence-corrected chi connectivity index (χ1v) is 36.1. The fourth-order valence-corrected chi connectivity index (χ4v) is 11.7. The summed E-state index contributed by atoms with van der Waals surface area (Å²) >= 11 is 0. The summed E-state index contributed by atoms with van der Waals surface area (Å²) < 4.78 is 16.1. The van der Waals surface area contributed by atoms with Gasteiger partial charge in [-0.15, -0.1) is 0 Å². The third kappa shape index (κ3) is 28.4. The summed E-state index contributed by atoms with van der Waals surface area (Å²) in [6.07, 6.45) is 32.9. The Hall–Kier alpha value is -5.78. The number of nitrogens with zero attached hydrogens (tertiary/aromatic N) is 2. The number of rotatable bonds is 13. The van der Waals surface area contributed by atoms with Crippen LogP contribution < -0.4 is 22.3 Å². The van der Waals surface area contributed by atoms with E-state index < -0.39 is 11.9 Å². The third-order valence-corrected chi connectivity index (χ3v) is 19.5. The van der Waals surface area contributed by atoms with Crippen LogP contribution in [0.5, 0.6) is 0 Å². The van der Waals surface area contributed by atoms with E-state index >= 15 is 0 Å². The zero-order chi connectivity index (χ0) is 68.8. The van der Waals surface area contributed by atoms with Crippen molar-refractivity contribution in [3.8, 4) is 0 Å². The summed E-state index contributed by atoms with van der Waals surface area (Å²) in [7, 11) is 0. The molecular formula is C80H128N4O8. The van der Waals surface area contributed by atoms with Gasteiger partial charge in [-0.2, -0.15) is 9.97 Å². The number of pyridine rings is 2. The van der Waals surface area contributed by atoms with E-state index in [1.165, 1.54) is 153 Å². The van der Waals surface area contributed by atoms with E-state index in [1.807, 2.05) is 19.9 Å². The molecule has 0 aliphatic heterocycles. The molecule has 0 atom stereocenters. The molecule has 0 bridgehead atoms. The number of nitrogen functional groups attached to an aromatic ring is 2. The summed E-state index contributed by atoms with van der Waals surface area (Å²) in [5.74, 6) is 9.36. The average molecular weight is 1270 g/mol. The number of fused-ring (bicyclic) bond motifs is 4. The normalized spacial score (nSPS) is 15.5. The first-order valence-electron chi connectivity index (χ1n) is 36.1. The van der Waals surface area contributed by atoms with E-state index in [-0.39, 0.29) is 62.4 Å². The lowest BCUT2D eigenvalue weighted by molar-refractivity contribution is 0.0526. The monoisotopic (exact) mass is 1270 g/mol. The minimum absolute atomic E-state index is 0.0268. The fraction of sp³-hybridized carbons (Fsp3) is 0.675. The van der Waals surface area contributed by atoms with Crippen molar-refractivity contribution >= 4 is 67.7 Å². The van der Waals surface area contributed by atoms with Crippen LogP contribution in [0.15, 0.2) is 67.0 Å². The molecule has 4 heterocycles. The number of anilines is 2. The molecule has 4 saturated carbocycles. The van der Waals surface area contributed by atoms with Crippen molar-refractivity contribution < 1.29 is 28.3 Å². The molecule has 12 heteroatoms. The van der Waals surface area contributed by atoms with Crippen molar-refractivity contribution in [1.29, 1.82) is 0 Å². The molecule has 2 aromatic carbocycles. The first-order chi connectivity index (χ1) is 43.4. The van der Waals surface area contributed by atoms with E-state index in [9.17, 15) is 19.2 Å². The van der Waals surface area contributed by atoms with Crippen molar-refractivity contribution in [2.45, 2.75) is 273 Å². The van der Waals surface area contributed by atoms with Crippen molar-refractivity contribution in [3.05, 3.63) is 91.2 Å². The second-order valence-electron chi connectivity index (χ2n) is 29.9. The van der Waals surface area contributed by atoms with E-state index in [2.05, 4.69) is 121 Å². The van der Waals surface area contributed by atoms with Crippen LogP contribution in [0.25, 0.3) is 44.1 Å². The van der Waals surface area contributed by atoms with Gasteiger partial charge in [-0.1, -0.05) is 264 Å². The summed E-state index contributed by atoms with van der Waals surface area (Å²) in [6, 6.07) is 13.0. The average Bonchev–Trinajstić information content (AvgIpc) is 0.855. The van der Waals surface area contributed by atoms with Gasteiger partial charge in [0, 0.05) is 0 Å². The highest BCUT2D eigenvalue weighted by atomic mass is 16.5. The lowest BCUT2D eigenvalue weighted by Crippen LogP contribution is -2.12. The van der Waals surface area contributed by atoms with Gasteiger partial charge in [-0.3, -0.25) is 9.59 Å². The Morgan fingerprint density at radius 1 is 0.489 bits per heavy atom. The lowest BCUT2D eigenvalue weighted by atomic mass is 9.82. The third-order valence-electron chi connectivity index (χ3n) is 19.5. The predicted octanol–water partition coefficient (Wildman–Crippen LogP) is 22.6. The SMILES string of the molecule is CC(C)C(C)C.CC(C)C(C)C.CC(C)C1CCCCC1.CC(C)C1CCCCC1.CC(C)CCC1CCCC1.CC(C)CCC1CCCC1.CCOC(=O)c1cc2c(=O)c3ccc(C)cc3oc2nc1N.Cc1ccc2c(=O)c3cc(C(=O)O)c(N)nc3oc2c1. The molecule has 4 fully saturated rings. The van der Waals surface area contributed by atoms with Crippen LogP contribution in [-0.2, 0) is 4.74 Å². The van der Waals surface area contributed by atoms with Crippen LogP contribution in [0.4, 0.5) is 11.6 Å². The van der Waals surface area contributed by atoms with E-state index in [4.69, 9.17) is 30.1 Å². The van der Waals surface area contributed by atoms with Gasteiger partial charge in [0.15, 0.2) is 0 Å². The highest BCUT2D eigenvalue weighted by Gasteiger charge is 2.21. The number of hydrogen-bond acceptors (Lipinski definition) is 11. The van der Waals surface area contributed by atoms with Crippen LogP contribution in [0, 0.1) is 84.9 Å². The van der Waals surface area contributed by atoms with Crippen LogP contribution in [0.3, 0.4) is 0 Å². The molecule has 10 rings (SSSR count). The molecule has 0 amide bonds. The summed E-state index contributed by atoms with van der Waals surface area (Å²) in [5.41, 5.74) is 13.5. The molecule has 0 spiro atoms. The molecule has 516 valence electrons. The summed E-state index contributed by atoms with van der Waals surface area (Å²) in [5, 5.41) is 10.1. The molecular weight excluding hydrogens is 1140 g/mol. The van der Waals surface area contributed by atoms with E-state index in [0.717, 1.165) is 82.1 Å². The molecule has 4 aliphatic carbocycles. The zero-order valence-electron chi connectivity index (χ0n) is 61.2. The molecule has 4 aromatic heterocycles. The maximum atomic E-state index is 12.6. The Labute approximate surface area is 556 Å². The summed E-state index contributed by atoms with van der Waals surface area (Å²) in [6.45, 7) is 42.3. The maximum absolute atomic E-state index is 12.6. The van der Waals surface area contributed by atoms with Gasteiger partial charge in [0.05, 0.1) is 28.2 Å². The number of benzene rings is 2. The number of aromatic carboxylic acids is 1. The second-order valence-corrected chi connectivity index (χ2v) is 29.9. The molecule has 0 saturated heterocycles. The van der Waals surface area contributed by atoms with Crippen LogP contribution >= 0.6 is 0 Å². The van der Waals surface area contributed by atoms with Crippen molar-refractivity contribution in [3.63, 3.8) is 0 Å². The minimum atomic E-state index is -1.24. The number of carboxylic acids is 1. The number of aromatic nitrogens is 2. The molecule has 92 heavy (non-hydrogen) atoms. The Balaban J connectivity index is 0.000000288. The second kappa shape index (κ2) is 41.8. The quantitative estimate of drug-likeness (QED) is 0.0731. The molecule has 5 N–H and O–H groups in total. The van der Waals surface area contributed by atoms with Gasteiger partial charge >= 0.3 is 11.9 Å². The van der Waals surface area contributed by atoms with Crippen LogP contribution in [0.2, 0.25) is 0 Å². The number of carbonyl (C=O) groups is 2. The van der Waals surface area contributed by atoms with Gasteiger partial charge in [-0.25, -0.2) is 9.59 Å². The zero-order valence-corrected chi connectivity index (χ0v) is 61.2. The topological polar surface area (TPSA) is 202 Å². The lowest BCUT2D eigenvalue weighted by Gasteiger charge is -2.24. The van der Waals surface area contributed by atoms with Crippen molar-refractivity contribution in [2.24, 2.45) is 71.0 Å². The van der Waals surface area contributed by atoms with Gasteiger partial charge in [0.25, 0.3) is 0 Å². The Kier molecular flexibility index (Phi) is 36.6. The van der Waals surface area contributed by atoms with E-state index in [1.54, 1.807) is 37.3 Å². The largest absolute Gasteiger partial charge is 0.478 e. The number of carbonyl (C=O) groups excluding carboxylic acids is 1. The molecule has 6 aromatic rings. The van der Waals surface area contributed by atoms with Crippen LogP contribution in [-0.4, -0.2) is 33.6 Å². The molecule has 0 unspecified atom stereocenters. The summed E-state index contributed by atoms with van der Waals surface area (Å²) in [4.78, 5) is 55.7. The maximum Gasteiger partial charge on any atom is 0.341 e. The number of ether oxygens (including phenoxy) is 1. The number of carboxylic acid groups (broad SMARTS) is 1. The molecule has 0 radical (unpaired) electrons. The minimum Gasteiger partial charge on any atom is -0.478 e. The van der Waals surface area contributed by atoms with Gasteiger partial charge in [0.2, 0.25) is 22.3 Å². The Morgan fingerprint density at radius 2 is 0.815 bits per heavy atom. The predicted molar refractivity (Wildman–Crippen MR) is 391 cm³/mol. The number of esters is 1. The number of nitrogens with two attached hydrogens (primary N) is 2. The van der Waals surface area contributed by atoms with Crippen molar-refractivity contribution in [1.82, 2.24) is 9.97 Å². The van der Waals surface area contributed by atoms with Crippen LogP contribution in [0.1, 0.15) is 291 Å². The van der Waals surface area contributed by atoms with Gasteiger partial charge in [0.1, 0.15) is 33.9 Å². The highest BCUT2D eigenvalue weighted by Crippen LogP contribution is 2.33. The van der Waals surface area contributed by atoms with Gasteiger partial charge in [-0.05, 0) is 139 Å².